The Morgan fingerprint density at radius 3 is 2.76 bits per heavy atom. The van der Waals surface area contributed by atoms with Gasteiger partial charge in [0.05, 0.1) is 10.6 Å². The fourth-order valence-corrected chi connectivity index (χ4v) is 2.29. The Morgan fingerprint density at radius 1 is 1.41 bits per heavy atom. The Labute approximate surface area is 106 Å². The zero-order valence-corrected chi connectivity index (χ0v) is 10.3. The van der Waals surface area contributed by atoms with E-state index in [0.29, 0.717) is 10.6 Å². The lowest BCUT2D eigenvalue weighted by molar-refractivity contribution is 0.0926. The minimum absolute atomic E-state index is 0.127. The van der Waals surface area contributed by atoms with Gasteiger partial charge in [0.2, 0.25) is 0 Å². The lowest BCUT2D eigenvalue weighted by Crippen LogP contribution is -2.40. The highest BCUT2D eigenvalue weighted by atomic mass is 35.5. The maximum Gasteiger partial charge on any atom is 0.253 e. The van der Waals surface area contributed by atoms with Crippen LogP contribution >= 0.6 is 11.6 Å². The van der Waals surface area contributed by atoms with Crippen LogP contribution < -0.4 is 11.1 Å². The SMILES string of the molecule is NC1CCC(NC(=O)c2ccncc2Cl)CC1. The van der Waals surface area contributed by atoms with Crippen LogP contribution in [-0.4, -0.2) is 23.0 Å². The van der Waals surface area contributed by atoms with Gasteiger partial charge in [-0.05, 0) is 31.7 Å². The number of aromatic nitrogens is 1. The van der Waals surface area contributed by atoms with Crippen LogP contribution in [0.4, 0.5) is 0 Å². The van der Waals surface area contributed by atoms with Gasteiger partial charge in [-0.3, -0.25) is 9.78 Å². The third kappa shape index (κ3) is 3.17. The van der Waals surface area contributed by atoms with Crippen molar-refractivity contribution in [2.75, 3.05) is 0 Å². The van der Waals surface area contributed by atoms with Crippen LogP contribution in [0.25, 0.3) is 0 Å². The molecule has 0 aromatic carbocycles. The van der Waals surface area contributed by atoms with E-state index in [1.807, 2.05) is 0 Å². The van der Waals surface area contributed by atoms with E-state index in [0.717, 1.165) is 25.7 Å². The number of carbonyl (C=O) groups excluding carboxylic acids is 1. The van der Waals surface area contributed by atoms with Crippen molar-refractivity contribution < 1.29 is 4.79 Å². The molecule has 0 atom stereocenters. The highest BCUT2D eigenvalue weighted by Crippen LogP contribution is 2.19. The topological polar surface area (TPSA) is 68.0 Å². The molecule has 0 bridgehead atoms. The summed E-state index contributed by atoms with van der Waals surface area (Å²) in [5.41, 5.74) is 6.30. The number of hydrogen-bond acceptors (Lipinski definition) is 3. The van der Waals surface area contributed by atoms with E-state index in [4.69, 9.17) is 17.3 Å². The van der Waals surface area contributed by atoms with E-state index < -0.39 is 0 Å². The molecule has 1 aromatic heterocycles. The minimum atomic E-state index is -0.127. The second kappa shape index (κ2) is 5.47. The third-order valence-corrected chi connectivity index (χ3v) is 3.43. The Morgan fingerprint density at radius 2 is 2.12 bits per heavy atom. The standard InChI is InChI=1S/C12H16ClN3O/c13-11-7-15-6-5-10(11)12(17)16-9-3-1-8(14)2-4-9/h5-9H,1-4,14H2,(H,16,17). The van der Waals surface area contributed by atoms with Gasteiger partial charge in [-0.2, -0.15) is 0 Å². The highest BCUT2D eigenvalue weighted by molar-refractivity contribution is 6.33. The van der Waals surface area contributed by atoms with Crippen LogP contribution in [-0.2, 0) is 0 Å². The maximum absolute atomic E-state index is 12.0. The normalized spacial score (nSPS) is 24.4. The molecule has 2 rings (SSSR count). The number of nitrogens with two attached hydrogens (primary N) is 1. The van der Waals surface area contributed by atoms with E-state index in [1.165, 1.54) is 6.20 Å². The molecule has 1 fully saturated rings. The Balaban J connectivity index is 1.96. The van der Waals surface area contributed by atoms with Crippen molar-refractivity contribution in [1.82, 2.24) is 10.3 Å². The molecule has 1 amide bonds. The average Bonchev–Trinajstić information content (AvgIpc) is 2.32. The smallest absolute Gasteiger partial charge is 0.253 e. The number of rotatable bonds is 2. The molecular weight excluding hydrogens is 238 g/mol. The van der Waals surface area contributed by atoms with Crippen LogP contribution in [0, 0.1) is 0 Å². The predicted octanol–water partition coefficient (Wildman–Crippen LogP) is 1.73. The number of halogens is 1. The highest BCUT2D eigenvalue weighted by Gasteiger charge is 2.21. The molecule has 1 heterocycles. The van der Waals surface area contributed by atoms with Gasteiger partial charge in [0.1, 0.15) is 0 Å². The van der Waals surface area contributed by atoms with Crippen molar-refractivity contribution >= 4 is 17.5 Å². The van der Waals surface area contributed by atoms with Gasteiger partial charge in [0.25, 0.3) is 5.91 Å². The molecule has 0 saturated heterocycles. The molecule has 0 spiro atoms. The first-order valence-electron chi connectivity index (χ1n) is 5.83. The van der Waals surface area contributed by atoms with Crippen LogP contribution in [0.5, 0.6) is 0 Å². The molecule has 0 aliphatic heterocycles. The summed E-state index contributed by atoms with van der Waals surface area (Å²) in [5, 5.41) is 3.38. The molecule has 3 N–H and O–H groups in total. The molecule has 1 saturated carbocycles. The zero-order valence-electron chi connectivity index (χ0n) is 9.53. The van der Waals surface area contributed by atoms with Crippen LogP contribution in [0.1, 0.15) is 36.0 Å². The summed E-state index contributed by atoms with van der Waals surface area (Å²) in [6.45, 7) is 0. The van der Waals surface area contributed by atoms with Gasteiger partial charge in [-0.1, -0.05) is 11.6 Å². The van der Waals surface area contributed by atoms with E-state index in [9.17, 15) is 4.79 Å². The first-order chi connectivity index (χ1) is 8.16. The summed E-state index contributed by atoms with van der Waals surface area (Å²) in [5.74, 6) is -0.127. The second-order valence-electron chi connectivity index (χ2n) is 4.44. The number of nitrogens with one attached hydrogen (secondary N) is 1. The summed E-state index contributed by atoms with van der Waals surface area (Å²) in [4.78, 5) is 15.8. The average molecular weight is 254 g/mol. The van der Waals surface area contributed by atoms with Gasteiger partial charge in [-0.15, -0.1) is 0 Å². The molecule has 5 heteroatoms. The van der Waals surface area contributed by atoms with E-state index in [1.54, 1.807) is 12.3 Å². The number of nitrogens with zero attached hydrogens (tertiary/aromatic N) is 1. The van der Waals surface area contributed by atoms with Crippen molar-refractivity contribution in [3.8, 4) is 0 Å². The molecule has 1 aromatic rings. The van der Waals surface area contributed by atoms with Crippen LogP contribution in [0.15, 0.2) is 18.5 Å². The van der Waals surface area contributed by atoms with Crippen LogP contribution in [0.2, 0.25) is 5.02 Å². The lowest BCUT2D eigenvalue weighted by atomic mass is 9.91. The summed E-state index contributed by atoms with van der Waals surface area (Å²) in [7, 11) is 0. The molecule has 0 unspecified atom stereocenters. The van der Waals surface area contributed by atoms with Gasteiger partial charge in [-0.25, -0.2) is 0 Å². The van der Waals surface area contributed by atoms with Gasteiger partial charge in [0, 0.05) is 24.5 Å². The molecule has 92 valence electrons. The quantitative estimate of drug-likeness (QED) is 0.844. The summed E-state index contributed by atoms with van der Waals surface area (Å²) in [6, 6.07) is 2.13. The summed E-state index contributed by atoms with van der Waals surface area (Å²) < 4.78 is 0. The number of amides is 1. The fourth-order valence-electron chi connectivity index (χ4n) is 2.09. The summed E-state index contributed by atoms with van der Waals surface area (Å²) >= 11 is 5.92. The first-order valence-corrected chi connectivity index (χ1v) is 6.20. The molecule has 0 radical (unpaired) electrons. The fraction of sp³-hybridized carbons (Fsp3) is 0.500. The van der Waals surface area contributed by atoms with E-state index in [-0.39, 0.29) is 18.0 Å². The Kier molecular flexibility index (Phi) is 3.97. The third-order valence-electron chi connectivity index (χ3n) is 3.12. The van der Waals surface area contributed by atoms with Crippen molar-refractivity contribution in [1.29, 1.82) is 0 Å². The molecule has 1 aliphatic carbocycles. The largest absolute Gasteiger partial charge is 0.349 e. The zero-order chi connectivity index (χ0) is 12.3. The van der Waals surface area contributed by atoms with Gasteiger partial charge >= 0.3 is 0 Å². The van der Waals surface area contributed by atoms with Gasteiger partial charge < -0.3 is 11.1 Å². The molecular formula is C12H16ClN3O. The molecule has 4 nitrogen and oxygen atoms in total. The number of carbonyl (C=O) groups is 1. The Bertz CT molecular complexity index is 402. The summed E-state index contributed by atoms with van der Waals surface area (Å²) in [6.07, 6.45) is 6.86. The second-order valence-corrected chi connectivity index (χ2v) is 4.85. The predicted molar refractivity (Wildman–Crippen MR) is 66.9 cm³/mol. The van der Waals surface area contributed by atoms with E-state index >= 15 is 0 Å². The first kappa shape index (κ1) is 12.3. The molecule has 1 aliphatic rings. The lowest BCUT2D eigenvalue weighted by Gasteiger charge is -2.26. The monoisotopic (exact) mass is 253 g/mol. The van der Waals surface area contributed by atoms with E-state index in [2.05, 4.69) is 10.3 Å². The van der Waals surface area contributed by atoms with Crippen molar-refractivity contribution in [2.24, 2.45) is 5.73 Å². The van der Waals surface area contributed by atoms with Crippen LogP contribution in [0.3, 0.4) is 0 Å². The maximum atomic E-state index is 12.0. The van der Waals surface area contributed by atoms with Crippen molar-refractivity contribution in [3.63, 3.8) is 0 Å². The Hall–Kier alpha value is -1.13. The van der Waals surface area contributed by atoms with Crippen molar-refractivity contribution in [3.05, 3.63) is 29.0 Å². The molecule has 17 heavy (non-hydrogen) atoms. The minimum Gasteiger partial charge on any atom is -0.349 e. The van der Waals surface area contributed by atoms with Gasteiger partial charge in [0.15, 0.2) is 0 Å². The number of pyridine rings is 1. The number of hydrogen-bond donors (Lipinski definition) is 2. The van der Waals surface area contributed by atoms with Crippen molar-refractivity contribution in [2.45, 2.75) is 37.8 Å².